The van der Waals surface area contributed by atoms with E-state index in [-0.39, 0.29) is 21.1 Å². The predicted octanol–water partition coefficient (Wildman–Crippen LogP) is 4.92. The van der Waals surface area contributed by atoms with Gasteiger partial charge in [-0.3, -0.25) is 9.78 Å². The van der Waals surface area contributed by atoms with E-state index in [0.717, 1.165) is 5.39 Å². The lowest BCUT2D eigenvalue weighted by atomic mass is 10.1. The van der Waals surface area contributed by atoms with Gasteiger partial charge in [0.15, 0.2) is 0 Å². The van der Waals surface area contributed by atoms with Crippen molar-refractivity contribution >= 4 is 40.5 Å². The molecule has 2 heterocycles. The molecular formula is C28H30ClN5O6. The van der Waals surface area contributed by atoms with Crippen LogP contribution < -0.4 is 10.0 Å². The second kappa shape index (κ2) is 11.8. The number of nitriles is 1. The number of carbonyl (C=O) groups is 3. The molecule has 0 aliphatic carbocycles. The van der Waals surface area contributed by atoms with Gasteiger partial charge >= 0.3 is 12.2 Å². The standard InChI is InChI=1S/C28H30ClN5O6/c1-27(2,3)39-25(36)33(26(37)40-28(4,5)6)24(18-8-7-17-11-12-31-16-20(17)13-18)32-23(35)14-21-19(15-30)9-10-22(29)34(21)38/h7-13,16,24H,14H2,1-6H3,(H,32,35). The summed E-state index contributed by atoms with van der Waals surface area (Å²) >= 11 is 5.91. The highest BCUT2D eigenvalue weighted by Crippen LogP contribution is 2.27. The predicted molar refractivity (Wildman–Crippen MR) is 146 cm³/mol. The number of ether oxygens (including phenoxy) is 2. The number of carbonyl (C=O) groups excluding carboxylic acids is 3. The van der Waals surface area contributed by atoms with Crippen molar-refractivity contribution < 1.29 is 28.6 Å². The summed E-state index contributed by atoms with van der Waals surface area (Å²) in [6, 6.07) is 11.2. The molecule has 0 fully saturated rings. The van der Waals surface area contributed by atoms with Crippen LogP contribution in [0.5, 0.6) is 0 Å². The third kappa shape index (κ3) is 7.57. The molecule has 1 unspecified atom stereocenters. The number of pyridine rings is 2. The molecule has 3 aromatic rings. The van der Waals surface area contributed by atoms with E-state index in [1.165, 1.54) is 12.1 Å². The summed E-state index contributed by atoms with van der Waals surface area (Å²) < 4.78 is 11.3. The fourth-order valence-electron chi connectivity index (χ4n) is 3.66. The van der Waals surface area contributed by atoms with Crippen LogP contribution in [0.2, 0.25) is 5.15 Å². The highest BCUT2D eigenvalue weighted by Gasteiger charge is 2.39. The van der Waals surface area contributed by atoms with Crippen molar-refractivity contribution in [3.05, 3.63) is 76.0 Å². The van der Waals surface area contributed by atoms with Crippen molar-refractivity contribution in [1.82, 2.24) is 15.2 Å². The van der Waals surface area contributed by atoms with Gasteiger partial charge in [-0.05, 0) is 82.3 Å². The van der Waals surface area contributed by atoms with Gasteiger partial charge in [-0.15, -0.1) is 0 Å². The van der Waals surface area contributed by atoms with Crippen LogP contribution >= 0.6 is 11.6 Å². The Labute approximate surface area is 236 Å². The molecule has 2 aromatic heterocycles. The Bertz CT molecular complexity index is 1460. The number of imide groups is 1. The van der Waals surface area contributed by atoms with Crippen LogP contribution in [0.3, 0.4) is 0 Å². The van der Waals surface area contributed by atoms with Crippen molar-refractivity contribution in [3.8, 4) is 6.07 Å². The van der Waals surface area contributed by atoms with Crippen LogP contribution in [-0.4, -0.2) is 39.2 Å². The van der Waals surface area contributed by atoms with Gasteiger partial charge in [-0.1, -0.05) is 12.1 Å². The van der Waals surface area contributed by atoms with Crippen LogP contribution in [0.25, 0.3) is 10.8 Å². The topological polar surface area (TPSA) is 149 Å². The molecule has 0 aliphatic rings. The number of hydrogen-bond acceptors (Lipinski definition) is 8. The second-order valence-corrected chi connectivity index (χ2v) is 11.3. The van der Waals surface area contributed by atoms with Crippen molar-refractivity contribution in [1.29, 1.82) is 5.26 Å². The first-order chi connectivity index (χ1) is 18.6. The largest absolute Gasteiger partial charge is 0.617 e. The summed E-state index contributed by atoms with van der Waals surface area (Å²) in [4.78, 5) is 45.0. The summed E-state index contributed by atoms with van der Waals surface area (Å²) in [5.41, 5.74) is -1.91. The first-order valence-corrected chi connectivity index (χ1v) is 12.7. The normalized spacial score (nSPS) is 12.2. The smallest absolute Gasteiger partial charge is 0.421 e. The molecule has 12 heteroatoms. The number of hydrogen-bond donors (Lipinski definition) is 1. The number of amides is 3. The number of rotatable bonds is 5. The van der Waals surface area contributed by atoms with Gasteiger partial charge in [0.25, 0.3) is 5.15 Å². The van der Waals surface area contributed by atoms with Crippen LogP contribution in [0.1, 0.15) is 64.5 Å². The van der Waals surface area contributed by atoms with E-state index in [2.05, 4.69) is 10.3 Å². The van der Waals surface area contributed by atoms with E-state index in [9.17, 15) is 24.9 Å². The van der Waals surface area contributed by atoms with Gasteiger partial charge in [0, 0.05) is 23.8 Å². The first-order valence-electron chi connectivity index (χ1n) is 12.3. The molecule has 1 aromatic carbocycles. The highest BCUT2D eigenvalue weighted by molar-refractivity contribution is 6.28. The van der Waals surface area contributed by atoms with E-state index in [4.69, 9.17) is 21.1 Å². The van der Waals surface area contributed by atoms with Crippen molar-refractivity contribution in [2.24, 2.45) is 0 Å². The van der Waals surface area contributed by atoms with Crippen molar-refractivity contribution in [2.45, 2.75) is 65.3 Å². The molecule has 1 N–H and O–H groups in total. The lowest BCUT2D eigenvalue weighted by molar-refractivity contribution is -0.611. The Morgan fingerprint density at radius 2 is 1.68 bits per heavy atom. The quantitative estimate of drug-likeness (QED) is 0.197. The number of nitrogens with one attached hydrogen (secondary N) is 1. The van der Waals surface area contributed by atoms with Gasteiger partial charge < -0.3 is 20.0 Å². The van der Waals surface area contributed by atoms with Crippen LogP contribution in [0.15, 0.2) is 48.8 Å². The number of benzene rings is 1. The molecule has 1 atom stereocenters. The van der Waals surface area contributed by atoms with E-state index in [1.807, 2.05) is 6.07 Å². The molecule has 0 radical (unpaired) electrons. The minimum atomic E-state index is -1.42. The summed E-state index contributed by atoms with van der Waals surface area (Å²) in [5, 5.41) is 25.9. The third-order valence-electron chi connectivity index (χ3n) is 5.30. The van der Waals surface area contributed by atoms with Crippen LogP contribution in [-0.2, 0) is 20.7 Å². The average Bonchev–Trinajstić information content (AvgIpc) is 2.84. The fourth-order valence-corrected chi connectivity index (χ4v) is 3.82. The fraction of sp³-hybridized carbons (Fsp3) is 0.357. The molecule has 0 bridgehead atoms. The van der Waals surface area contributed by atoms with Gasteiger partial charge in [-0.25, -0.2) is 9.59 Å². The molecule has 210 valence electrons. The van der Waals surface area contributed by atoms with E-state index < -0.39 is 41.9 Å². The Kier molecular flexibility index (Phi) is 8.85. The Morgan fingerprint density at radius 3 is 2.25 bits per heavy atom. The zero-order valence-corrected chi connectivity index (χ0v) is 23.8. The van der Waals surface area contributed by atoms with E-state index in [0.29, 0.717) is 15.8 Å². The first kappa shape index (κ1) is 30.1. The molecule has 0 saturated carbocycles. The number of fused-ring (bicyclic) bond motifs is 1. The summed E-state index contributed by atoms with van der Waals surface area (Å²) in [6.07, 6.45) is -0.934. The molecule has 3 rings (SSSR count). The molecule has 0 saturated heterocycles. The summed E-state index contributed by atoms with van der Waals surface area (Å²) in [7, 11) is 0. The Hall–Kier alpha value is -4.43. The van der Waals surface area contributed by atoms with E-state index >= 15 is 0 Å². The minimum absolute atomic E-state index is 0.0565. The maximum absolute atomic E-state index is 13.4. The van der Waals surface area contributed by atoms with Crippen molar-refractivity contribution in [3.63, 3.8) is 0 Å². The van der Waals surface area contributed by atoms with Gasteiger partial charge in [0.05, 0.1) is 0 Å². The monoisotopic (exact) mass is 567 g/mol. The number of nitrogens with zero attached hydrogens (tertiary/aromatic N) is 4. The molecule has 11 nitrogen and oxygen atoms in total. The van der Waals surface area contributed by atoms with Gasteiger partial charge in [0.1, 0.15) is 35.4 Å². The lowest BCUT2D eigenvalue weighted by Gasteiger charge is -2.34. The number of aromatic nitrogens is 2. The molecular weight excluding hydrogens is 538 g/mol. The summed E-state index contributed by atoms with van der Waals surface area (Å²) in [5.74, 6) is -0.781. The molecule has 0 aliphatic heterocycles. The average molecular weight is 568 g/mol. The zero-order valence-electron chi connectivity index (χ0n) is 23.0. The molecule has 40 heavy (non-hydrogen) atoms. The zero-order chi connectivity index (χ0) is 29.8. The maximum atomic E-state index is 13.4. The maximum Gasteiger partial charge on any atom is 0.421 e. The Balaban J connectivity index is 2.12. The molecule has 0 spiro atoms. The van der Waals surface area contributed by atoms with Crippen LogP contribution in [0, 0.1) is 16.5 Å². The summed E-state index contributed by atoms with van der Waals surface area (Å²) in [6.45, 7) is 9.77. The van der Waals surface area contributed by atoms with Crippen molar-refractivity contribution in [2.75, 3.05) is 0 Å². The minimum Gasteiger partial charge on any atom is -0.617 e. The SMILES string of the molecule is CC(C)(C)OC(=O)N(C(=O)OC(C)(C)C)C(NC(=O)Cc1c(C#N)ccc(Cl)[n+]1[O-])c1ccc2ccncc2c1. The van der Waals surface area contributed by atoms with Gasteiger partial charge in [-0.2, -0.15) is 14.9 Å². The third-order valence-corrected chi connectivity index (χ3v) is 5.58. The van der Waals surface area contributed by atoms with E-state index in [1.54, 1.807) is 78.2 Å². The Morgan fingerprint density at radius 1 is 1.05 bits per heavy atom. The highest BCUT2D eigenvalue weighted by atomic mass is 35.5. The molecule has 3 amide bonds. The lowest BCUT2D eigenvalue weighted by Crippen LogP contribution is -2.51. The van der Waals surface area contributed by atoms with Gasteiger partial charge in [0.2, 0.25) is 11.6 Å². The van der Waals surface area contributed by atoms with Crippen LogP contribution in [0.4, 0.5) is 9.59 Å². The second-order valence-electron chi connectivity index (χ2n) is 10.9. The number of halogens is 1.